The van der Waals surface area contributed by atoms with Gasteiger partial charge in [0.05, 0.1) is 6.16 Å². The summed E-state index contributed by atoms with van der Waals surface area (Å²) in [7, 11) is -4.19. The third kappa shape index (κ3) is 4.60. The van der Waals surface area contributed by atoms with Gasteiger partial charge in [0, 0.05) is 6.21 Å². The summed E-state index contributed by atoms with van der Waals surface area (Å²) in [6, 6.07) is 0. The van der Waals surface area contributed by atoms with Crippen LogP contribution < -0.4 is 0 Å². The fraction of sp³-hybridized carbons (Fsp3) is 0.667. The molecule has 4 N–H and O–H groups in total. The van der Waals surface area contributed by atoms with Gasteiger partial charge in [0.2, 0.25) is 0 Å². The Labute approximate surface area is 57.0 Å². The Hall–Kier alpha value is -0.260. The Morgan fingerprint density at radius 1 is 1.70 bits per heavy atom. The van der Waals surface area contributed by atoms with Gasteiger partial charge in [0.25, 0.3) is 0 Å². The van der Waals surface area contributed by atoms with Gasteiger partial charge in [0.1, 0.15) is 6.10 Å². The van der Waals surface area contributed by atoms with E-state index in [9.17, 15) is 4.57 Å². The summed E-state index contributed by atoms with van der Waals surface area (Å²) in [5, 5.41) is 14.4. The first-order valence-electron chi connectivity index (χ1n) is 2.35. The fourth-order valence-electron chi connectivity index (χ4n) is 0.351. The molecule has 0 amide bonds. The predicted octanol–water partition coefficient (Wildman–Crippen LogP) is -0.328. The first-order valence-corrected chi connectivity index (χ1v) is 4.14. The van der Waals surface area contributed by atoms with Gasteiger partial charge in [-0.15, -0.1) is 0 Å². The standard InChI is InChI=1S/C3H8NO5P/c4-1-3(9-5)2-10(6,7)8/h1,3-5H,2H2,(H2,6,7,8). The van der Waals surface area contributed by atoms with E-state index in [1.165, 1.54) is 0 Å². The Morgan fingerprint density at radius 3 is 2.30 bits per heavy atom. The molecule has 0 aromatic rings. The molecule has 0 saturated heterocycles. The van der Waals surface area contributed by atoms with Gasteiger partial charge in [-0.2, -0.15) is 0 Å². The molecule has 0 heterocycles. The van der Waals surface area contributed by atoms with Crippen molar-refractivity contribution in [3.8, 4) is 0 Å². The summed E-state index contributed by atoms with van der Waals surface area (Å²) in [6.45, 7) is 0. The highest BCUT2D eigenvalue weighted by atomic mass is 31.2. The van der Waals surface area contributed by atoms with Gasteiger partial charge in [0.15, 0.2) is 0 Å². The highest BCUT2D eigenvalue weighted by molar-refractivity contribution is 7.51. The molecule has 0 bridgehead atoms. The summed E-state index contributed by atoms with van der Waals surface area (Å²) in [6.07, 6.45) is -1.28. The van der Waals surface area contributed by atoms with Gasteiger partial charge in [-0.3, -0.25) is 9.82 Å². The van der Waals surface area contributed by atoms with Crippen LogP contribution in [0.4, 0.5) is 0 Å². The second-order valence-electron chi connectivity index (χ2n) is 1.66. The van der Waals surface area contributed by atoms with Crippen LogP contribution in [0.3, 0.4) is 0 Å². The average Bonchev–Trinajstić information content (AvgIpc) is 1.81. The van der Waals surface area contributed by atoms with Crippen LogP contribution in [-0.2, 0) is 9.45 Å². The summed E-state index contributed by atoms with van der Waals surface area (Å²) < 4.78 is 10.2. The van der Waals surface area contributed by atoms with E-state index in [0.717, 1.165) is 0 Å². The molecule has 60 valence electrons. The second kappa shape index (κ2) is 3.80. The van der Waals surface area contributed by atoms with Gasteiger partial charge in [-0.05, 0) is 0 Å². The number of hydrogen-bond acceptors (Lipinski definition) is 4. The van der Waals surface area contributed by atoms with E-state index in [-0.39, 0.29) is 0 Å². The van der Waals surface area contributed by atoms with Crippen LogP contribution in [0.15, 0.2) is 0 Å². The van der Waals surface area contributed by atoms with Crippen molar-refractivity contribution in [3.63, 3.8) is 0 Å². The van der Waals surface area contributed by atoms with Crippen molar-refractivity contribution in [1.82, 2.24) is 0 Å². The highest BCUT2D eigenvalue weighted by Gasteiger charge is 2.20. The summed E-state index contributed by atoms with van der Waals surface area (Å²) in [4.78, 5) is 20.1. The highest BCUT2D eigenvalue weighted by Crippen LogP contribution is 2.34. The number of nitrogens with one attached hydrogen (secondary N) is 1. The molecule has 0 aliphatic carbocycles. The van der Waals surface area contributed by atoms with Crippen molar-refractivity contribution in [2.45, 2.75) is 6.10 Å². The molecular formula is C3H8NO5P. The minimum atomic E-state index is -4.19. The molecule has 0 aromatic heterocycles. The van der Waals surface area contributed by atoms with Gasteiger partial charge in [-0.25, -0.2) is 4.89 Å². The summed E-state index contributed by atoms with van der Waals surface area (Å²) in [5.74, 6) is 0. The summed E-state index contributed by atoms with van der Waals surface area (Å²) in [5.41, 5.74) is 0. The molecule has 0 saturated carbocycles. The molecule has 0 fully saturated rings. The lowest BCUT2D eigenvalue weighted by atomic mass is 10.5. The van der Waals surface area contributed by atoms with Gasteiger partial charge >= 0.3 is 7.60 Å². The largest absolute Gasteiger partial charge is 0.328 e. The predicted molar refractivity (Wildman–Crippen MR) is 33.2 cm³/mol. The lowest BCUT2D eigenvalue weighted by molar-refractivity contribution is -0.254. The topological polar surface area (TPSA) is 111 Å². The molecular weight excluding hydrogens is 161 g/mol. The zero-order valence-corrected chi connectivity index (χ0v) is 5.86. The van der Waals surface area contributed by atoms with Crippen LogP contribution in [0.25, 0.3) is 0 Å². The molecule has 7 heteroatoms. The van der Waals surface area contributed by atoms with Crippen LogP contribution in [-0.4, -0.2) is 33.5 Å². The van der Waals surface area contributed by atoms with E-state index in [2.05, 4.69) is 4.89 Å². The lowest BCUT2D eigenvalue weighted by Gasteiger charge is -2.07. The van der Waals surface area contributed by atoms with Crippen molar-refractivity contribution in [1.29, 1.82) is 5.41 Å². The normalized spacial score (nSPS) is 14.7. The fourth-order valence-corrected chi connectivity index (χ4v) is 0.992. The lowest BCUT2D eigenvalue weighted by Crippen LogP contribution is -2.17. The average molecular weight is 169 g/mol. The van der Waals surface area contributed by atoms with Crippen molar-refractivity contribution in [3.05, 3.63) is 0 Å². The Kier molecular flexibility index (Phi) is 3.70. The molecule has 6 nitrogen and oxygen atoms in total. The van der Waals surface area contributed by atoms with Gasteiger partial charge < -0.3 is 15.2 Å². The Bertz CT molecular complexity index is 153. The number of rotatable bonds is 4. The molecule has 0 rings (SSSR count). The molecule has 0 aliphatic rings. The molecule has 0 aliphatic heterocycles. The van der Waals surface area contributed by atoms with Crippen molar-refractivity contribution in [2.24, 2.45) is 0 Å². The Morgan fingerprint density at radius 2 is 2.20 bits per heavy atom. The van der Waals surface area contributed by atoms with Crippen molar-refractivity contribution in [2.75, 3.05) is 6.16 Å². The van der Waals surface area contributed by atoms with E-state index < -0.39 is 19.9 Å². The van der Waals surface area contributed by atoms with Crippen molar-refractivity contribution >= 4 is 13.8 Å². The second-order valence-corrected chi connectivity index (χ2v) is 3.35. The minimum Gasteiger partial charge on any atom is -0.324 e. The van der Waals surface area contributed by atoms with Crippen LogP contribution in [0.2, 0.25) is 0 Å². The maximum atomic E-state index is 10.2. The molecule has 1 unspecified atom stereocenters. The number of hydrogen-bond donors (Lipinski definition) is 4. The van der Waals surface area contributed by atoms with Gasteiger partial charge in [-0.1, -0.05) is 0 Å². The third-order valence-electron chi connectivity index (χ3n) is 0.739. The maximum Gasteiger partial charge on any atom is 0.328 e. The monoisotopic (exact) mass is 169 g/mol. The van der Waals surface area contributed by atoms with Crippen LogP contribution >= 0.6 is 7.60 Å². The molecule has 0 aromatic carbocycles. The van der Waals surface area contributed by atoms with Crippen LogP contribution in [0.1, 0.15) is 0 Å². The molecule has 10 heavy (non-hydrogen) atoms. The zero-order chi connectivity index (χ0) is 8.20. The Balaban J connectivity index is 3.86. The van der Waals surface area contributed by atoms with E-state index in [1.54, 1.807) is 0 Å². The quantitative estimate of drug-likeness (QED) is 0.199. The van der Waals surface area contributed by atoms with Crippen molar-refractivity contribution < 1.29 is 24.5 Å². The summed E-state index contributed by atoms with van der Waals surface area (Å²) >= 11 is 0. The molecule has 1 atom stereocenters. The maximum absolute atomic E-state index is 10.2. The third-order valence-corrected chi connectivity index (χ3v) is 1.57. The van der Waals surface area contributed by atoms with E-state index in [4.69, 9.17) is 20.5 Å². The van der Waals surface area contributed by atoms with E-state index in [1.807, 2.05) is 0 Å². The SMILES string of the molecule is N=CC(CP(=O)(O)O)OO. The van der Waals surface area contributed by atoms with Crippen LogP contribution in [0.5, 0.6) is 0 Å². The molecule has 0 radical (unpaired) electrons. The first-order chi connectivity index (χ1) is 4.49. The van der Waals surface area contributed by atoms with E-state index in [0.29, 0.717) is 6.21 Å². The zero-order valence-electron chi connectivity index (χ0n) is 4.97. The van der Waals surface area contributed by atoms with Crippen LogP contribution in [0, 0.1) is 5.41 Å². The first kappa shape index (κ1) is 9.74. The minimum absolute atomic E-state index is 0.610. The molecule has 0 spiro atoms. The van der Waals surface area contributed by atoms with E-state index >= 15 is 0 Å². The smallest absolute Gasteiger partial charge is 0.324 e.